The number of anilines is 3. The van der Waals surface area contributed by atoms with Gasteiger partial charge in [0.05, 0.1) is 18.1 Å². The summed E-state index contributed by atoms with van der Waals surface area (Å²) in [7, 11) is 0. The molecule has 0 radical (unpaired) electrons. The fourth-order valence-corrected chi connectivity index (χ4v) is 3.19. The monoisotopic (exact) mass is 351 g/mol. The summed E-state index contributed by atoms with van der Waals surface area (Å²) < 4.78 is 5.33. The summed E-state index contributed by atoms with van der Waals surface area (Å²) in [6, 6.07) is 0. The van der Waals surface area contributed by atoms with Gasteiger partial charge in [0.1, 0.15) is 0 Å². The molecule has 0 saturated carbocycles. The fraction of sp³-hybridized carbons (Fsp3) is 0.733. The molecule has 2 aliphatic rings. The van der Waals surface area contributed by atoms with Gasteiger partial charge in [0, 0.05) is 32.7 Å². The zero-order valence-corrected chi connectivity index (χ0v) is 14.3. The second-order valence-corrected chi connectivity index (χ2v) is 6.29. The van der Waals surface area contributed by atoms with Gasteiger partial charge in [0.25, 0.3) is 0 Å². The highest BCUT2D eigenvalue weighted by Crippen LogP contribution is 2.33. The minimum atomic E-state index is -0.495. The average Bonchev–Trinajstić information content (AvgIpc) is 3.13. The molecule has 10 nitrogen and oxygen atoms in total. The second-order valence-electron chi connectivity index (χ2n) is 6.29. The van der Waals surface area contributed by atoms with E-state index in [0.29, 0.717) is 18.3 Å². The molecule has 0 amide bonds. The Hall–Kier alpha value is -2.20. The second kappa shape index (κ2) is 8.26. The highest BCUT2D eigenvalue weighted by molar-refractivity contribution is 5.71. The SMILES string of the molecule is Nc1nc(NCCCN2CCOCC2)nc(N2CCCC2)c1[N+](=O)[O-]. The van der Waals surface area contributed by atoms with Gasteiger partial charge in [-0.25, -0.2) is 0 Å². The first-order chi connectivity index (χ1) is 12.1. The van der Waals surface area contributed by atoms with Crippen LogP contribution in [0.3, 0.4) is 0 Å². The van der Waals surface area contributed by atoms with Crippen LogP contribution in [0.1, 0.15) is 19.3 Å². The lowest BCUT2D eigenvalue weighted by molar-refractivity contribution is -0.383. The molecule has 2 aliphatic heterocycles. The summed E-state index contributed by atoms with van der Waals surface area (Å²) in [5.74, 6) is 0.593. The van der Waals surface area contributed by atoms with E-state index in [1.54, 1.807) is 0 Å². The van der Waals surface area contributed by atoms with E-state index in [9.17, 15) is 10.1 Å². The Morgan fingerprint density at radius 1 is 1.20 bits per heavy atom. The van der Waals surface area contributed by atoms with Crippen LogP contribution in [0.5, 0.6) is 0 Å². The maximum atomic E-state index is 11.3. The number of nitrogen functional groups attached to an aromatic ring is 1. The predicted octanol–water partition coefficient (Wildman–Crippen LogP) is 0.701. The molecule has 0 bridgehead atoms. The Morgan fingerprint density at radius 2 is 1.92 bits per heavy atom. The zero-order valence-electron chi connectivity index (χ0n) is 14.3. The molecule has 10 heteroatoms. The standard InChI is InChI=1S/C15H25N7O3/c16-13-12(22(23)24)14(21-6-1-2-7-21)19-15(18-13)17-4-3-5-20-8-10-25-11-9-20/h1-11H2,(H3,16,17,18,19). The lowest BCUT2D eigenvalue weighted by Crippen LogP contribution is -2.37. The summed E-state index contributed by atoms with van der Waals surface area (Å²) >= 11 is 0. The molecule has 1 aromatic rings. The number of morpholine rings is 1. The maximum Gasteiger partial charge on any atom is 0.353 e. The van der Waals surface area contributed by atoms with Crippen LogP contribution in [-0.2, 0) is 4.74 Å². The summed E-state index contributed by atoms with van der Waals surface area (Å²) in [6.07, 6.45) is 2.94. The minimum Gasteiger partial charge on any atom is -0.379 e. The van der Waals surface area contributed by atoms with Gasteiger partial charge in [0.15, 0.2) is 0 Å². The normalized spacial score (nSPS) is 18.5. The van der Waals surface area contributed by atoms with Crippen LogP contribution in [0.15, 0.2) is 0 Å². The van der Waals surface area contributed by atoms with E-state index in [1.165, 1.54) is 0 Å². The average molecular weight is 351 g/mol. The molecule has 3 rings (SSSR count). The number of nitro groups is 1. The molecule has 0 aromatic carbocycles. The van der Waals surface area contributed by atoms with E-state index in [0.717, 1.165) is 65.2 Å². The van der Waals surface area contributed by atoms with Gasteiger partial charge in [-0.2, -0.15) is 9.97 Å². The van der Waals surface area contributed by atoms with Crippen molar-refractivity contribution in [3.63, 3.8) is 0 Å². The first-order valence-electron chi connectivity index (χ1n) is 8.76. The van der Waals surface area contributed by atoms with Crippen molar-refractivity contribution in [3.05, 3.63) is 10.1 Å². The van der Waals surface area contributed by atoms with Crippen LogP contribution in [0.25, 0.3) is 0 Å². The lowest BCUT2D eigenvalue weighted by Gasteiger charge is -2.26. The molecule has 138 valence electrons. The number of hydrogen-bond donors (Lipinski definition) is 2. The highest BCUT2D eigenvalue weighted by Gasteiger charge is 2.28. The van der Waals surface area contributed by atoms with E-state index in [1.807, 2.05) is 4.90 Å². The Morgan fingerprint density at radius 3 is 2.60 bits per heavy atom. The molecule has 3 heterocycles. The van der Waals surface area contributed by atoms with Crippen molar-refractivity contribution in [2.75, 3.05) is 68.4 Å². The number of rotatable bonds is 7. The zero-order chi connectivity index (χ0) is 17.6. The van der Waals surface area contributed by atoms with Gasteiger partial charge in [-0.15, -0.1) is 0 Å². The molecule has 0 unspecified atom stereocenters. The van der Waals surface area contributed by atoms with E-state index < -0.39 is 4.92 Å². The van der Waals surface area contributed by atoms with Gasteiger partial charge < -0.3 is 20.7 Å². The van der Waals surface area contributed by atoms with E-state index in [2.05, 4.69) is 20.2 Å². The van der Waals surface area contributed by atoms with Gasteiger partial charge in [-0.1, -0.05) is 0 Å². The predicted molar refractivity (Wildman–Crippen MR) is 94.9 cm³/mol. The quantitative estimate of drug-likeness (QED) is 0.415. The van der Waals surface area contributed by atoms with Crippen molar-refractivity contribution in [2.45, 2.75) is 19.3 Å². The Balaban J connectivity index is 1.61. The number of nitrogens with two attached hydrogens (primary N) is 1. The molecule has 2 fully saturated rings. The van der Waals surface area contributed by atoms with Crippen LogP contribution in [0.4, 0.5) is 23.3 Å². The molecule has 25 heavy (non-hydrogen) atoms. The van der Waals surface area contributed by atoms with Crippen molar-refractivity contribution in [2.24, 2.45) is 0 Å². The van der Waals surface area contributed by atoms with Crippen LogP contribution in [-0.4, -0.2) is 72.3 Å². The first kappa shape index (κ1) is 17.6. The Kier molecular flexibility index (Phi) is 5.82. The number of aromatic nitrogens is 2. The maximum absolute atomic E-state index is 11.3. The number of ether oxygens (including phenoxy) is 1. The fourth-order valence-electron chi connectivity index (χ4n) is 3.19. The van der Waals surface area contributed by atoms with E-state index in [4.69, 9.17) is 10.5 Å². The number of nitrogens with one attached hydrogen (secondary N) is 1. The van der Waals surface area contributed by atoms with Crippen molar-refractivity contribution in [1.82, 2.24) is 14.9 Å². The summed E-state index contributed by atoms with van der Waals surface area (Å²) in [4.78, 5) is 23.5. The number of hydrogen-bond acceptors (Lipinski definition) is 9. The van der Waals surface area contributed by atoms with Crippen molar-refractivity contribution >= 4 is 23.3 Å². The van der Waals surface area contributed by atoms with Gasteiger partial charge in [-0.05, 0) is 25.8 Å². The lowest BCUT2D eigenvalue weighted by atomic mass is 10.3. The van der Waals surface area contributed by atoms with Crippen molar-refractivity contribution in [3.8, 4) is 0 Å². The summed E-state index contributed by atoms with van der Waals surface area (Å²) in [6.45, 7) is 6.66. The molecular formula is C15H25N7O3. The molecule has 0 atom stereocenters. The van der Waals surface area contributed by atoms with Gasteiger partial charge in [0.2, 0.25) is 17.6 Å². The molecule has 3 N–H and O–H groups in total. The molecule has 1 aromatic heterocycles. The first-order valence-corrected chi connectivity index (χ1v) is 8.76. The minimum absolute atomic E-state index is 0.0856. The summed E-state index contributed by atoms with van der Waals surface area (Å²) in [5, 5.41) is 14.5. The van der Waals surface area contributed by atoms with Crippen molar-refractivity contribution < 1.29 is 9.66 Å². The molecular weight excluding hydrogens is 326 g/mol. The molecule has 0 spiro atoms. The topological polar surface area (TPSA) is 123 Å². The van der Waals surface area contributed by atoms with Crippen molar-refractivity contribution in [1.29, 1.82) is 0 Å². The third-order valence-corrected chi connectivity index (χ3v) is 4.52. The largest absolute Gasteiger partial charge is 0.379 e. The van der Waals surface area contributed by atoms with E-state index in [-0.39, 0.29) is 11.5 Å². The highest BCUT2D eigenvalue weighted by atomic mass is 16.6. The van der Waals surface area contributed by atoms with E-state index >= 15 is 0 Å². The smallest absolute Gasteiger partial charge is 0.353 e. The van der Waals surface area contributed by atoms with Crippen LogP contribution in [0.2, 0.25) is 0 Å². The van der Waals surface area contributed by atoms with Crippen LogP contribution >= 0.6 is 0 Å². The number of nitrogens with zero attached hydrogens (tertiary/aromatic N) is 5. The van der Waals surface area contributed by atoms with Crippen LogP contribution < -0.4 is 16.0 Å². The third kappa shape index (κ3) is 4.45. The summed E-state index contributed by atoms with van der Waals surface area (Å²) in [5.41, 5.74) is 5.64. The molecule has 0 aliphatic carbocycles. The Labute approximate surface area is 146 Å². The third-order valence-electron chi connectivity index (χ3n) is 4.52. The Bertz CT molecular complexity index is 601. The molecule has 2 saturated heterocycles. The van der Waals surface area contributed by atoms with Gasteiger partial charge in [-0.3, -0.25) is 15.0 Å². The van der Waals surface area contributed by atoms with Gasteiger partial charge >= 0.3 is 5.69 Å². The van der Waals surface area contributed by atoms with Crippen LogP contribution in [0, 0.1) is 10.1 Å².